The fourth-order valence-corrected chi connectivity index (χ4v) is 1.13. The second kappa shape index (κ2) is 5.32. The molecule has 1 rings (SSSR count). The third-order valence-electron chi connectivity index (χ3n) is 1.85. The molecule has 0 aliphatic heterocycles. The average Bonchev–Trinajstić information content (AvgIpc) is 2.17. The number of nitrogens with two attached hydrogens (primary N) is 2. The highest BCUT2D eigenvalue weighted by atomic mass is 16.3. The van der Waals surface area contributed by atoms with Crippen molar-refractivity contribution in [3.63, 3.8) is 0 Å². The molecular weight excluding hydrogens is 196 g/mol. The van der Waals surface area contributed by atoms with Crippen LogP contribution in [0.5, 0.6) is 0 Å². The first-order valence-electron chi connectivity index (χ1n) is 4.64. The minimum absolute atomic E-state index is 0.106. The van der Waals surface area contributed by atoms with Gasteiger partial charge < -0.3 is 21.6 Å². The molecule has 0 amide bonds. The molecule has 1 aromatic rings. The summed E-state index contributed by atoms with van der Waals surface area (Å²) in [5, 5.41) is 11.8. The molecule has 1 aromatic heterocycles. The lowest BCUT2D eigenvalue weighted by atomic mass is 10.2. The highest BCUT2D eigenvalue weighted by Crippen LogP contribution is 2.12. The second-order valence-electron chi connectivity index (χ2n) is 3.20. The molecule has 1 atom stereocenters. The number of aliphatic hydroxyl groups is 1. The Balaban J connectivity index is 2.71. The van der Waals surface area contributed by atoms with E-state index in [0.29, 0.717) is 18.1 Å². The quantitative estimate of drug-likeness (QED) is 0.330. The molecule has 1 heterocycles. The summed E-state index contributed by atoms with van der Waals surface area (Å²) < 4.78 is 0. The summed E-state index contributed by atoms with van der Waals surface area (Å²) in [4.78, 5) is 7.83. The van der Waals surface area contributed by atoms with E-state index in [1.54, 1.807) is 6.07 Å². The predicted molar refractivity (Wildman–Crippen MR) is 59.0 cm³/mol. The molecule has 0 saturated carbocycles. The normalized spacial score (nSPS) is 12.2. The van der Waals surface area contributed by atoms with Gasteiger partial charge in [-0.3, -0.25) is 0 Å². The first-order valence-corrected chi connectivity index (χ1v) is 4.64. The molecule has 0 saturated heterocycles. The van der Waals surface area contributed by atoms with Crippen LogP contribution in [0.25, 0.3) is 0 Å². The van der Waals surface area contributed by atoms with Crippen LogP contribution in [0.2, 0.25) is 0 Å². The van der Waals surface area contributed by atoms with Gasteiger partial charge in [0.05, 0.1) is 0 Å². The van der Waals surface area contributed by atoms with Gasteiger partial charge in [-0.05, 0) is 13.3 Å². The minimum Gasteiger partial charge on any atom is -0.396 e. The van der Waals surface area contributed by atoms with Crippen molar-refractivity contribution in [2.45, 2.75) is 19.4 Å². The first-order chi connectivity index (χ1) is 7.15. The molecule has 84 valence electrons. The topological polar surface area (TPSA) is 122 Å². The Labute approximate surface area is 87.9 Å². The number of nitrogens with zero attached hydrogens (tertiary/aromatic N) is 2. The van der Waals surface area contributed by atoms with Crippen molar-refractivity contribution >= 4 is 17.6 Å². The van der Waals surface area contributed by atoms with Crippen LogP contribution < -0.4 is 22.3 Å². The first kappa shape index (κ1) is 11.5. The van der Waals surface area contributed by atoms with E-state index < -0.39 is 0 Å². The zero-order chi connectivity index (χ0) is 11.3. The fraction of sp³-hybridized carbons (Fsp3) is 0.500. The van der Waals surface area contributed by atoms with Crippen molar-refractivity contribution in [1.82, 2.24) is 9.97 Å². The Bertz CT molecular complexity index is 318. The Kier molecular flexibility index (Phi) is 4.07. The van der Waals surface area contributed by atoms with Gasteiger partial charge in [-0.25, -0.2) is 5.84 Å². The summed E-state index contributed by atoms with van der Waals surface area (Å²) in [7, 11) is 0. The Hall–Kier alpha value is -1.60. The average molecular weight is 212 g/mol. The molecule has 7 N–H and O–H groups in total. The molecule has 15 heavy (non-hydrogen) atoms. The van der Waals surface area contributed by atoms with E-state index in [1.165, 1.54) is 0 Å². The number of anilines is 3. The third-order valence-corrected chi connectivity index (χ3v) is 1.85. The van der Waals surface area contributed by atoms with Crippen LogP contribution in [-0.2, 0) is 0 Å². The maximum Gasteiger partial charge on any atom is 0.223 e. The second-order valence-corrected chi connectivity index (χ2v) is 3.20. The molecule has 0 radical (unpaired) electrons. The van der Waals surface area contributed by atoms with Crippen LogP contribution >= 0.6 is 0 Å². The van der Waals surface area contributed by atoms with E-state index in [2.05, 4.69) is 20.7 Å². The largest absolute Gasteiger partial charge is 0.396 e. The van der Waals surface area contributed by atoms with Gasteiger partial charge in [-0.15, -0.1) is 0 Å². The molecule has 1 unspecified atom stereocenters. The van der Waals surface area contributed by atoms with Crippen molar-refractivity contribution in [3.8, 4) is 0 Å². The molecule has 7 nitrogen and oxygen atoms in total. The van der Waals surface area contributed by atoms with Crippen LogP contribution in [0.15, 0.2) is 6.07 Å². The van der Waals surface area contributed by atoms with E-state index in [0.717, 1.165) is 0 Å². The van der Waals surface area contributed by atoms with Crippen LogP contribution in [0.4, 0.5) is 17.6 Å². The fourth-order valence-electron chi connectivity index (χ4n) is 1.13. The Morgan fingerprint density at radius 1 is 1.47 bits per heavy atom. The van der Waals surface area contributed by atoms with Gasteiger partial charge in [0.15, 0.2) is 0 Å². The Morgan fingerprint density at radius 3 is 2.73 bits per heavy atom. The van der Waals surface area contributed by atoms with Crippen LogP contribution in [0, 0.1) is 0 Å². The summed E-state index contributed by atoms with van der Waals surface area (Å²) in [5.41, 5.74) is 7.87. The van der Waals surface area contributed by atoms with Crippen molar-refractivity contribution in [1.29, 1.82) is 0 Å². The number of aromatic nitrogens is 2. The van der Waals surface area contributed by atoms with E-state index in [1.807, 2.05) is 6.92 Å². The zero-order valence-electron chi connectivity index (χ0n) is 8.57. The molecule has 0 aromatic carbocycles. The smallest absolute Gasteiger partial charge is 0.223 e. The van der Waals surface area contributed by atoms with Crippen LogP contribution in [-0.4, -0.2) is 27.7 Å². The summed E-state index contributed by atoms with van der Waals surface area (Å²) >= 11 is 0. The van der Waals surface area contributed by atoms with Gasteiger partial charge >= 0.3 is 0 Å². The number of nitrogen functional groups attached to an aromatic ring is 2. The summed E-state index contributed by atoms with van der Waals surface area (Å²) in [6, 6.07) is 1.75. The van der Waals surface area contributed by atoms with E-state index in [9.17, 15) is 0 Å². The lowest BCUT2D eigenvalue weighted by Crippen LogP contribution is -2.19. The molecule has 0 fully saturated rings. The molecule has 0 bridgehead atoms. The number of nitrogens with one attached hydrogen (secondary N) is 2. The van der Waals surface area contributed by atoms with Crippen molar-refractivity contribution in [3.05, 3.63) is 6.07 Å². The maximum atomic E-state index is 8.74. The maximum absolute atomic E-state index is 8.74. The summed E-state index contributed by atoms with van der Waals surface area (Å²) in [6.45, 7) is 2.06. The van der Waals surface area contributed by atoms with E-state index in [4.69, 9.17) is 16.7 Å². The highest BCUT2D eigenvalue weighted by Gasteiger charge is 2.05. The molecule has 0 spiro atoms. The number of rotatable bonds is 5. The number of hydrogen-bond acceptors (Lipinski definition) is 7. The number of aliphatic hydroxyl groups excluding tert-OH is 1. The van der Waals surface area contributed by atoms with Crippen molar-refractivity contribution in [2.24, 2.45) is 5.84 Å². The predicted octanol–water partition coefficient (Wildman–Crippen LogP) is -0.473. The molecule has 7 heteroatoms. The molecular formula is C8H16N6O. The minimum atomic E-state index is 0.106. The van der Waals surface area contributed by atoms with Gasteiger partial charge in [0, 0.05) is 18.7 Å². The standard InChI is InChI=1S/C8H16N6O/c1-5(2-3-15)11-6-4-7(14-10)13-8(9)12-6/h4-5,15H,2-3,10H2,1H3,(H4,9,11,12,13,14). The summed E-state index contributed by atoms with van der Waals surface area (Å²) in [5.74, 6) is 6.38. The van der Waals surface area contributed by atoms with Gasteiger partial charge in [0.2, 0.25) is 5.95 Å². The highest BCUT2D eigenvalue weighted by molar-refractivity contribution is 5.50. The van der Waals surface area contributed by atoms with Crippen LogP contribution in [0.3, 0.4) is 0 Å². The van der Waals surface area contributed by atoms with Gasteiger partial charge in [0.25, 0.3) is 0 Å². The van der Waals surface area contributed by atoms with Gasteiger partial charge in [-0.1, -0.05) is 0 Å². The van der Waals surface area contributed by atoms with Crippen LogP contribution in [0.1, 0.15) is 13.3 Å². The van der Waals surface area contributed by atoms with Crippen molar-refractivity contribution in [2.75, 3.05) is 23.1 Å². The SMILES string of the molecule is CC(CCO)Nc1cc(NN)nc(N)n1. The van der Waals surface area contributed by atoms with E-state index >= 15 is 0 Å². The zero-order valence-corrected chi connectivity index (χ0v) is 8.57. The molecule has 0 aliphatic carbocycles. The Morgan fingerprint density at radius 2 is 2.13 bits per heavy atom. The van der Waals surface area contributed by atoms with E-state index in [-0.39, 0.29) is 18.6 Å². The summed E-state index contributed by atoms with van der Waals surface area (Å²) in [6.07, 6.45) is 0.634. The molecule has 0 aliphatic rings. The lowest BCUT2D eigenvalue weighted by molar-refractivity contribution is 0.282. The monoisotopic (exact) mass is 212 g/mol. The number of hydrogen-bond donors (Lipinski definition) is 5. The number of hydrazine groups is 1. The van der Waals surface area contributed by atoms with Gasteiger partial charge in [0.1, 0.15) is 11.6 Å². The van der Waals surface area contributed by atoms with Gasteiger partial charge in [-0.2, -0.15) is 9.97 Å². The van der Waals surface area contributed by atoms with Crippen molar-refractivity contribution < 1.29 is 5.11 Å². The lowest BCUT2D eigenvalue weighted by Gasteiger charge is -2.13. The third kappa shape index (κ3) is 3.56.